The zero-order valence-corrected chi connectivity index (χ0v) is 15.8. The van der Waals surface area contributed by atoms with E-state index in [9.17, 15) is 35.5 Å². The fourth-order valence-corrected chi connectivity index (χ4v) is 2.64. The lowest BCUT2D eigenvalue weighted by atomic mass is 10.1. The maximum absolute atomic E-state index is 13.8. The van der Waals surface area contributed by atoms with Crippen LogP contribution in [0.3, 0.4) is 0 Å². The Bertz CT molecular complexity index is 1110. The van der Waals surface area contributed by atoms with Gasteiger partial charge in [0.2, 0.25) is 0 Å². The summed E-state index contributed by atoms with van der Waals surface area (Å²) < 4.78 is 96.6. The first-order chi connectivity index (χ1) is 14.8. The van der Waals surface area contributed by atoms with Crippen LogP contribution < -0.4 is 15.8 Å². The molecule has 0 aliphatic heterocycles. The first-order valence-electron chi connectivity index (χ1n) is 8.77. The Kier molecular flexibility index (Phi) is 6.02. The first-order valence-corrected chi connectivity index (χ1v) is 8.77. The minimum Gasteiger partial charge on any atom is -0.457 e. The summed E-state index contributed by atoms with van der Waals surface area (Å²) in [5.74, 6) is -2.39. The molecule has 0 spiro atoms. The molecule has 0 bridgehead atoms. The van der Waals surface area contributed by atoms with E-state index >= 15 is 0 Å². The van der Waals surface area contributed by atoms with E-state index in [4.69, 9.17) is 10.5 Å². The van der Waals surface area contributed by atoms with Gasteiger partial charge in [0.05, 0.1) is 16.7 Å². The zero-order chi connectivity index (χ0) is 23.7. The standard InChI is InChI=1S/C21H13F7N2O2/c22-18-10-13(29)1-6-17(18)19(31)30-14-2-4-15(5-3-14)32-16-8-11(20(23,24)25)7-12(9-16)21(26,27)28/h1-10H,29H2,(H,30,31). The number of hydrogen-bond acceptors (Lipinski definition) is 3. The molecule has 3 rings (SSSR count). The van der Waals surface area contributed by atoms with Gasteiger partial charge in [0, 0.05) is 11.4 Å². The summed E-state index contributed by atoms with van der Waals surface area (Å²) in [7, 11) is 0. The van der Waals surface area contributed by atoms with Gasteiger partial charge in [-0.25, -0.2) is 4.39 Å². The number of carbonyl (C=O) groups excluding carboxylic acids is 1. The van der Waals surface area contributed by atoms with Crippen molar-refractivity contribution in [3.63, 3.8) is 0 Å². The average molecular weight is 458 g/mol. The maximum atomic E-state index is 13.8. The van der Waals surface area contributed by atoms with E-state index in [0.29, 0.717) is 12.1 Å². The van der Waals surface area contributed by atoms with Gasteiger partial charge in [0.15, 0.2) is 0 Å². The van der Waals surface area contributed by atoms with Crippen LogP contribution in [0.5, 0.6) is 11.5 Å². The van der Waals surface area contributed by atoms with Crippen LogP contribution >= 0.6 is 0 Å². The molecule has 0 atom stereocenters. The number of amides is 1. The molecule has 0 heterocycles. The summed E-state index contributed by atoms with van der Waals surface area (Å²) in [6, 6.07) is 9.33. The second-order valence-electron chi connectivity index (χ2n) is 6.56. The molecule has 0 unspecified atom stereocenters. The fraction of sp³-hybridized carbons (Fsp3) is 0.0952. The Morgan fingerprint density at radius 3 is 1.84 bits per heavy atom. The van der Waals surface area contributed by atoms with Gasteiger partial charge in [-0.05, 0) is 60.7 Å². The lowest BCUT2D eigenvalue weighted by molar-refractivity contribution is -0.143. The number of anilines is 2. The molecule has 0 saturated heterocycles. The number of nitrogens with one attached hydrogen (secondary N) is 1. The maximum Gasteiger partial charge on any atom is 0.416 e. The topological polar surface area (TPSA) is 64.4 Å². The van der Waals surface area contributed by atoms with E-state index in [1.807, 2.05) is 0 Å². The number of hydrogen-bond donors (Lipinski definition) is 2. The van der Waals surface area contributed by atoms with Crippen LogP contribution in [-0.2, 0) is 12.4 Å². The highest BCUT2D eigenvalue weighted by molar-refractivity contribution is 6.04. The Morgan fingerprint density at radius 2 is 1.34 bits per heavy atom. The number of nitrogens with two attached hydrogens (primary N) is 1. The lowest BCUT2D eigenvalue weighted by Gasteiger charge is -2.15. The molecule has 3 aromatic carbocycles. The Hall–Kier alpha value is -3.76. The van der Waals surface area contributed by atoms with Gasteiger partial charge in [-0.15, -0.1) is 0 Å². The van der Waals surface area contributed by atoms with Gasteiger partial charge in [-0.3, -0.25) is 4.79 Å². The number of halogens is 7. The summed E-state index contributed by atoms with van der Waals surface area (Å²) in [4.78, 5) is 12.1. The largest absolute Gasteiger partial charge is 0.457 e. The SMILES string of the molecule is Nc1ccc(C(=O)Nc2ccc(Oc3cc(C(F)(F)F)cc(C(F)(F)F)c3)cc2)c(F)c1. The van der Waals surface area contributed by atoms with Crippen molar-refractivity contribution < 1.29 is 40.3 Å². The molecule has 3 aromatic rings. The Balaban J connectivity index is 1.79. The van der Waals surface area contributed by atoms with E-state index in [1.54, 1.807) is 0 Å². The molecule has 4 nitrogen and oxygen atoms in total. The number of carbonyl (C=O) groups is 1. The summed E-state index contributed by atoms with van der Waals surface area (Å²) >= 11 is 0. The van der Waals surface area contributed by atoms with Gasteiger partial charge in [0.1, 0.15) is 17.3 Å². The van der Waals surface area contributed by atoms with Crippen molar-refractivity contribution >= 4 is 17.3 Å². The summed E-state index contributed by atoms with van der Waals surface area (Å²) in [6.07, 6.45) is -10.0. The lowest BCUT2D eigenvalue weighted by Crippen LogP contribution is -2.13. The molecule has 168 valence electrons. The molecule has 0 aliphatic carbocycles. The van der Waals surface area contributed by atoms with Crippen LogP contribution in [0.1, 0.15) is 21.5 Å². The third-order valence-corrected chi connectivity index (χ3v) is 4.15. The highest BCUT2D eigenvalue weighted by Gasteiger charge is 2.37. The number of benzene rings is 3. The van der Waals surface area contributed by atoms with Crippen molar-refractivity contribution in [1.29, 1.82) is 0 Å². The minimum atomic E-state index is -5.01. The molecular formula is C21H13F7N2O2. The number of alkyl halides is 6. The number of ether oxygens (including phenoxy) is 1. The summed E-state index contributed by atoms with van der Waals surface area (Å²) in [5, 5.41) is 2.39. The normalized spacial score (nSPS) is 11.8. The van der Waals surface area contributed by atoms with Crippen LogP contribution in [-0.4, -0.2) is 5.91 Å². The Labute approximate surface area is 176 Å². The highest BCUT2D eigenvalue weighted by Crippen LogP contribution is 2.39. The van der Waals surface area contributed by atoms with Crippen molar-refractivity contribution in [1.82, 2.24) is 0 Å². The van der Waals surface area contributed by atoms with Gasteiger partial charge < -0.3 is 15.8 Å². The molecule has 0 fully saturated rings. The zero-order valence-electron chi connectivity index (χ0n) is 15.8. The van der Waals surface area contributed by atoms with E-state index in [1.165, 1.54) is 36.4 Å². The summed E-state index contributed by atoms with van der Waals surface area (Å²) in [6.45, 7) is 0. The van der Waals surface area contributed by atoms with Gasteiger partial charge in [-0.2, -0.15) is 26.3 Å². The molecule has 0 saturated carbocycles. The van der Waals surface area contributed by atoms with E-state index in [2.05, 4.69) is 5.32 Å². The highest BCUT2D eigenvalue weighted by atomic mass is 19.4. The second-order valence-corrected chi connectivity index (χ2v) is 6.56. The Morgan fingerprint density at radius 1 is 0.781 bits per heavy atom. The number of rotatable bonds is 4. The van der Waals surface area contributed by atoms with E-state index in [0.717, 1.165) is 6.07 Å². The molecule has 11 heteroatoms. The molecule has 3 N–H and O–H groups in total. The van der Waals surface area contributed by atoms with E-state index < -0.39 is 41.0 Å². The van der Waals surface area contributed by atoms with Crippen molar-refractivity contribution in [3.05, 3.63) is 83.2 Å². The van der Waals surface area contributed by atoms with E-state index in [-0.39, 0.29) is 28.8 Å². The monoisotopic (exact) mass is 458 g/mol. The quantitative estimate of drug-likeness (QED) is 0.347. The van der Waals surface area contributed by atoms with Crippen LogP contribution in [0, 0.1) is 5.82 Å². The molecular weight excluding hydrogens is 445 g/mol. The molecule has 0 radical (unpaired) electrons. The van der Waals surface area contributed by atoms with Gasteiger partial charge in [0.25, 0.3) is 5.91 Å². The van der Waals surface area contributed by atoms with Crippen LogP contribution in [0.25, 0.3) is 0 Å². The molecule has 1 amide bonds. The predicted octanol–water partition coefficient (Wildman–Crippen LogP) is 6.49. The van der Waals surface area contributed by atoms with Gasteiger partial charge in [-0.1, -0.05) is 0 Å². The van der Waals surface area contributed by atoms with Crippen molar-refractivity contribution in [2.75, 3.05) is 11.1 Å². The van der Waals surface area contributed by atoms with Crippen molar-refractivity contribution in [2.24, 2.45) is 0 Å². The second kappa shape index (κ2) is 8.40. The van der Waals surface area contributed by atoms with Crippen LogP contribution in [0.15, 0.2) is 60.7 Å². The van der Waals surface area contributed by atoms with Crippen molar-refractivity contribution in [3.8, 4) is 11.5 Å². The third kappa shape index (κ3) is 5.48. The molecule has 0 aromatic heterocycles. The van der Waals surface area contributed by atoms with Gasteiger partial charge >= 0.3 is 12.4 Å². The minimum absolute atomic E-state index is 0.0121. The molecule has 0 aliphatic rings. The van der Waals surface area contributed by atoms with Crippen molar-refractivity contribution in [2.45, 2.75) is 12.4 Å². The number of nitrogen functional groups attached to an aromatic ring is 1. The smallest absolute Gasteiger partial charge is 0.416 e. The van der Waals surface area contributed by atoms with Crippen LogP contribution in [0.4, 0.5) is 42.1 Å². The fourth-order valence-electron chi connectivity index (χ4n) is 2.64. The van der Waals surface area contributed by atoms with Crippen LogP contribution in [0.2, 0.25) is 0 Å². The predicted molar refractivity (Wildman–Crippen MR) is 102 cm³/mol. The molecule has 32 heavy (non-hydrogen) atoms. The first kappa shape index (κ1) is 22.9. The average Bonchev–Trinajstić information content (AvgIpc) is 2.68. The summed E-state index contributed by atoms with van der Waals surface area (Å²) in [5.41, 5.74) is 2.42. The third-order valence-electron chi connectivity index (χ3n) is 4.15.